The Hall–Kier alpha value is -3.07. The van der Waals surface area contributed by atoms with Crippen molar-refractivity contribution in [2.45, 2.75) is 71.8 Å². The summed E-state index contributed by atoms with van der Waals surface area (Å²) in [4.78, 5) is 11.3. The molecule has 182 valence electrons. The molecule has 0 aromatic heterocycles. The van der Waals surface area contributed by atoms with E-state index >= 15 is 0 Å². The number of esters is 1. The molecule has 0 saturated heterocycles. The molecule has 0 amide bonds. The Bertz CT molecular complexity index is 928. The average Bonchev–Trinajstić information content (AvgIpc) is 2.84. The number of rotatable bonds is 8. The van der Waals surface area contributed by atoms with E-state index < -0.39 is 0 Å². The van der Waals surface area contributed by atoms with Gasteiger partial charge in [0.1, 0.15) is 11.9 Å². The minimum Gasteiger partial charge on any atom is -0.508 e. The highest BCUT2D eigenvalue weighted by Gasteiger charge is 2.18. The highest BCUT2D eigenvalue weighted by Crippen LogP contribution is 2.21. The van der Waals surface area contributed by atoms with Gasteiger partial charge in [-0.2, -0.15) is 0 Å². The van der Waals surface area contributed by atoms with Crippen molar-refractivity contribution >= 4 is 18.1 Å². The van der Waals surface area contributed by atoms with Gasteiger partial charge in [-0.05, 0) is 73.3 Å². The molecule has 1 aliphatic carbocycles. The Morgan fingerprint density at radius 2 is 1.50 bits per heavy atom. The smallest absolute Gasteiger partial charge is 0.333 e. The van der Waals surface area contributed by atoms with E-state index in [1.54, 1.807) is 12.1 Å². The summed E-state index contributed by atoms with van der Waals surface area (Å²) in [6.07, 6.45) is 15.8. The number of ether oxygens (including phenoxy) is 1. The third kappa shape index (κ3) is 10.7. The number of carbonyl (C=O) groups is 1. The van der Waals surface area contributed by atoms with Gasteiger partial charge in [-0.1, -0.05) is 94.5 Å². The average molecular weight is 461 g/mol. The summed E-state index contributed by atoms with van der Waals surface area (Å²) < 4.78 is 5.31. The lowest BCUT2D eigenvalue weighted by Crippen LogP contribution is -2.21. The molecule has 2 aromatic carbocycles. The molecule has 0 bridgehead atoms. The Kier molecular flexibility index (Phi) is 12.0. The zero-order valence-corrected chi connectivity index (χ0v) is 21.0. The van der Waals surface area contributed by atoms with Crippen LogP contribution in [-0.2, 0) is 16.0 Å². The quantitative estimate of drug-likeness (QED) is 0.246. The third-order valence-corrected chi connectivity index (χ3v) is 5.75. The number of hydrogen-bond donors (Lipinski definition) is 1. The summed E-state index contributed by atoms with van der Waals surface area (Å²) in [5.74, 6) is 0.790. The van der Waals surface area contributed by atoms with Crippen LogP contribution < -0.4 is 0 Å². The van der Waals surface area contributed by atoms with Crippen LogP contribution in [0.25, 0.3) is 12.2 Å². The van der Waals surface area contributed by atoms with Gasteiger partial charge in [0.2, 0.25) is 0 Å². The van der Waals surface area contributed by atoms with E-state index in [0.717, 1.165) is 24.8 Å². The SMILES string of the molecule is C=C(CC)C(=O)OC1CCCCC1.CC(C)Cc1ccc(C=CC=Cc2ccc(O)cc2)cc1. The van der Waals surface area contributed by atoms with Crippen LogP contribution in [-0.4, -0.2) is 17.2 Å². The van der Waals surface area contributed by atoms with Crippen molar-refractivity contribution < 1.29 is 14.6 Å². The molecule has 3 heteroatoms. The first kappa shape index (κ1) is 27.2. The maximum atomic E-state index is 11.3. The Morgan fingerprint density at radius 3 is 2.00 bits per heavy atom. The van der Waals surface area contributed by atoms with Crippen LogP contribution in [0.2, 0.25) is 0 Å². The van der Waals surface area contributed by atoms with Crippen LogP contribution in [0.5, 0.6) is 5.75 Å². The Balaban J connectivity index is 0.000000270. The fourth-order valence-corrected chi connectivity index (χ4v) is 3.72. The molecule has 0 atom stereocenters. The van der Waals surface area contributed by atoms with E-state index in [1.807, 2.05) is 37.3 Å². The molecule has 3 rings (SSSR count). The molecule has 34 heavy (non-hydrogen) atoms. The first-order valence-corrected chi connectivity index (χ1v) is 12.5. The predicted octanol–water partition coefficient (Wildman–Crippen LogP) is 8.15. The number of aromatic hydroxyl groups is 1. The minimum atomic E-state index is -0.200. The third-order valence-electron chi connectivity index (χ3n) is 5.75. The van der Waals surface area contributed by atoms with Crippen LogP contribution in [0.3, 0.4) is 0 Å². The Morgan fingerprint density at radius 1 is 0.971 bits per heavy atom. The summed E-state index contributed by atoms with van der Waals surface area (Å²) in [6, 6.07) is 15.9. The number of phenolic OH excluding ortho intramolecular Hbond substituents is 1. The summed E-state index contributed by atoms with van der Waals surface area (Å²) in [5.41, 5.74) is 4.26. The van der Waals surface area contributed by atoms with Gasteiger partial charge in [-0.15, -0.1) is 0 Å². The monoisotopic (exact) mass is 460 g/mol. The van der Waals surface area contributed by atoms with Crippen LogP contribution >= 0.6 is 0 Å². The summed E-state index contributed by atoms with van der Waals surface area (Å²) >= 11 is 0. The van der Waals surface area contributed by atoms with E-state index in [-0.39, 0.29) is 12.1 Å². The molecule has 1 saturated carbocycles. The highest BCUT2D eigenvalue weighted by molar-refractivity contribution is 5.87. The van der Waals surface area contributed by atoms with Gasteiger partial charge in [0.15, 0.2) is 0 Å². The van der Waals surface area contributed by atoms with Gasteiger partial charge in [-0.3, -0.25) is 0 Å². The van der Waals surface area contributed by atoms with Gasteiger partial charge >= 0.3 is 5.97 Å². The lowest BCUT2D eigenvalue weighted by atomic mass is 9.98. The largest absolute Gasteiger partial charge is 0.508 e. The normalized spacial score (nSPS) is 14.2. The van der Waals surface area contributed by atoms with Crippen LogP contribution in [0, 0.1) is 5.92 Å². The molecule has 2 aromatic rings. The Labute approximate surface area is 205 Å². The van der Waals surface area contributed by atoms with Crippen molar-refractivity contribution in [3.05, 3.63) is 89.5 Å². The van der Waals surface area contributed by atoms with E-state index in [4.69, 9.17) is 4.74 Å². The fraction of sp³-hybridized carbons (Fsp3) is 0.387. The van der Waals surface area contributed by atoms with E-state index in [9.17, 15) is 9.90 Å². The molecule has 0 radical (unpaired) electrons. The summed E-state index contributed by atoms with van der Waals surface area (Å²) in [6.45, 7) is 10.1. The maximum absolute atomic E-state index is 11.3. The van der Waals surface area contributed by atoms with Crippen LogP contribution in [0.15, 0.2) is 72.8 Å². The van der Waals surface area contributed by atoms with Crippen molar-refractivity contribution in [1.82, 2.24) is 0 Å². The molecule has 0 spiro atoms. The van der Waals surface area contributed by atoms with Crippen molar-refractivity contribution in [1.29, 1.82) is 0 Å². The molecule has 1 fully saturated rings. The molecule has 1 N–H and O–H groups in total. The number of hydrogen-bond acceptors (Lipinski definition) is 3. The van der Waals surface area contributed by atoms with Crippen molar-refractivity contribution in [2.75, 3.05) is 0 Å². The fourth-order valence-electron chi connectivity index (χ4n) is 3.72. The predicted molar refractivity (Wildman–Crippen MR) is 144 cm³/mol. The zero-order chi connectivity index (χ0) is 24.8. The van der Waals surface area contributed by atoms with Gasteiger partial charge in [0.05, 0.1) is 0 Å². The molecule has 3 nitrogen and oxygen atoms in total. The summed E-state index contributed by atoms with van der Waals surface area (Å²) in [7, 11) is 0. The molecule has 0 heterocycles. The first-order valence-electron chi connectivity index (χ1n) is 12.5. The first-order chi connectivity index (χ1) is 16.4. The van der Waals surface area contributed by atoms with E-state index in [0.29, 0.717) is 23.7 Å². The molecule has 1 aliphatic rings. The van der Waals surface area contributed by atoms with Gasteiger partial charge in [0.25, 0.3) is 0 Å². The van der Waals surface area contributed by atoms with Crippen molar-refractivity contribution in [3.63, 3.8) is 0 Å². The minimum absolute atomic E-state index is 0.157. The molecule has 0 aliphatic heterocycles. The molecule has 0 unspecified atom stereocenters. The van der Waals surface area contributed by atoms with Crippen LogP contribution in [0.1, 0.15) is 76.0 Å². The van der Waals surface area contributed by atoms with E-state index in [1.165, 1.54) is 30.4 Å². The highest BCUT2D eigenvalue weighted by atomic mass is 16.5. The number of carbonyl (C=O) groups excluding carboxylic acids is 1. The second-order valence-electron chi connectivity index (χ2n) is 9.27. The van der Waals surface area contributed by atoms with Crippen molar-refractivity contribution in [2.24, 2.45) is 5.92 Å². The van der Waals surface area contributed by atoms with Gasteiger partial charge < -0.3 is 9.84 Å². The summed E-state index contributed by atoms with van der Waals surface area (Å²) in [5, 5.41) is 9.22. The van der Waals surface area contributed by atoms with Gasteiger partial charge in [-0.25, -0.2) is 4.79 Å². The topological polar surface area (TPSA) is 46.5 Å². The van der Waals surface area contributed by atoms with Gasteiger partial charge in [0, 0.05) is 5.57 Å². The zero-order valence-electron chi connectivity index (χ0n) is 21.0. The second kappa shape index (κ2) is 15.0. The van der Waals surface area contributed by atoms with Crippen LogP contribution in [0.4, 0.5) is 0 Å². The lowest BCUT2D eigenvalue weighted by molar-refractivity contribution is -0.145. The second-order valence-corrected chi connectivity index (χ2v) is 9.27. The lowest BCUT2D eigenvalue weighted by Gasteiger charge is -2.21. The number of phenols is 1. The molecular formula is C31H40O3. The molecular weight excluding hydrogens is 420 g/mol. The van der Waals surface area contributed by atoms with Crippen molar-refractivity contribution in [3.8, 4) is 5.75 Å². The maximum Gasteiger partial charge on any atom is 0.333 e. The van der Waals surface area contributed by atoms with E-state index in [2.05, 4.69) is 50.8 Å². The number of allylic oxidation sites excluding steroid dienone is 2. The standard InChI is InChI=1S/C20H22O.C11H18O2/c1-16(2)15-19-9-7-17(8-10-19)5-3-4-6-18-11-13-20(21)14-12-18;1-3-9(2)11(12)13-10-7-5-4-6-8-10/h3-14,16,21H,15H2,1-2H3;10H,2-8H2,1H3. The number of benzene rings is 2.